The fourth-order valence-electron chi connectivity index (χ4n) is 1.41. The van der Waals surface area contributed by atoms with E-state index in [0.717, 1.165) is 15.2 Å². The molecule has 1 aromatic carbocycles. The van der Waals surface area contributed by atoms with Gasteiger partial charge in [-0.3, -0.25) is 0 Å². The summed E-state index contributed by atoms with van der Waals surface area (Å²) in [6.07, 6.45) is 1.32. The highest BCUT2D eigenvalue weighted by molar-refractivity contribution is 7.99. The van der Waals surface area contributed by atoms with Crippen LogP contribution in [0.4, 0.5) is 0 Å². The van der Waals surface area contributed by atoms with Crippen molar-refractivity contribution in [1.29, 1.82) is 0 Å². The zero-order chi connectivity index (χ0) is 10.8. The third-order valence-corrected chi connectivity index (χ3v) is 2.91. The van der Waals surface area contributed by atoms with E-state index in [1.165, 1.54) is 18.0 Å². The Bertz CT molecular complexity index is 502. The van der Waals surface area contributed by atoms with Gasteiger partial charge >= 0.3 is 5.03 Å². The smallest absolute Gasteiger partial charge is 0.317 e. The van der Waals surface area contributed by atoms with Gasteiger partial charge in [-0.2, -0.15) is 4.73 Å². The Morgan fingerprint density at radius 1 is 1.20 bits per heavy atom. The highest BCUT2D eigenvalue weighted by atomic mass is 32.2. The van der Waals surface area contributed by atoms with Gasteiger partial charge < -0.3 is 10.4 Å². The van der Waals surface area contributed by atoms with Crippen LogP contribution >= 0.6 is 11.8 Å². The molecule has 0 bridgehead atoms. The minimum Gasteiger partial charge on any atom is -0.618 e. The molecular formula is C10H10N2O2S. The van der Waals surface area contributed by atoms with Gasteiger partial charge in [-0.15, -0.1) is 4.73 Å². The van der Waals surface area contributed by atoms with Gasteiger partial charge in [0.1, 0.15) is 0 Å². The van der Waals surface area contributed by atoms with Crippen molar-refractivity contribution < 1.29 is 9.46 Å². The molecule has 4 nitrogen and oxygen atoms in total. The fraction of sp³-hybridized carbons (Fsp3) is 0.200. The van der Waals surface area contributed by atoms with Crippen molar-refractivity contribution in [3.05, 3.63) is 40.9 Å². The third kappa shape index (κ3) is 1.70. The topological polar surface area (TPSA) is 53.9 Å². The van der Waals surface area contributed by atoms with Crippen LogP contribution in [0.15, 0.2) is 35.5 Å². The second-order valence-corrected chi connectivity index (χ2v) is 4.29. The van der Waals surface area contributed by atoms with Gasteiger partial charge in [-0.25, -0.2) is 0 Å². The van der Waals surface area contributed by atoms with E-state index in [4.69, 9.17) is 0 Å². The molecule has 15 heavy (non-hydrogen) atoms. The first-order valence-corrected chi connectivity index (χ1v) is 5.60. The summed E-state index contributed by atoms with van der Waals surface area (Å²) >= 11 is 1.36. The van der Waals surface area contributed by atoms with Crippen LogP contribution in [-0.4, -0.2) is 5.75 Å². The van der Waals surface area contributed by atoms with Crippen LogP contribution < -0.4 is 9.46 Å². The van der Waals surface area contributed by atoms with Crippen molar-refractivity contribution in [2.24, 2.45) is 0 Å². The lowest BCUT2D eigenvalue weighted by Crippen LogP contribution is -2.39. The summed E-state index contributed by atoms with van der Waals surface area (Å²) in [6, 6.07) is 6.77. The predicted octanol–water partition coefficient (Wildman–Crippen LogP) is 1.22. The maximum Gasteiger partial charge on any atom is 0.317 e. The lowest BCUT2D eigenvalue weighted by molar-refractivity contribution is -0.659. The van der Waals surface area contributed by atoms with Gasteiger partial charge in [0.15, 0.2) is 0 Å². The van der Waals surface area contributed by atoms with Crippen LogP contribution in [-0.2, 0) is 0 Å². The molecule has 0 fully saturated rings. The van der Waals surface area contributed by atoms with E-state index in [0.29, 0.717) is 16.1 Å². The van der Waals surface area contributed by atoms with E-state index in [2.05, 4.69) is 0 Å². The monoisotopic (exact) mass is 222 g/mol. The predicted molar refractivity (Wildman–Crippen MR) is 58.3 cm³/mol. The van der Waals surface area contributed by atoms with Crippen molar-refractivity contribution >= 4 is 22.8 Å². The zero-order valence-electron chi connectivity index (χ0n) is 8.21. The molecule has 2 aromatic rings. The molecule has 0 aliphatic rings. The molecule has 0 saturated heterocycles. The second-order valence-electron chi connectivity index (χ2n) is 3.01. The van der Waals surface area contributed by atoms with E-state index < -0.39 is 0 Å². The largest absolute Gasteiger partial charge is 0.618 e. The summed E-state index contributed by atoms with van der Waals surface area (Å²) in [4.78, 5) is 0. The molecule has 0 atom stereocenters. The molecule has 0 unspecified atom stereocenters. The molecule has 5 heteroatoms. The normalized spacial score (nSPS) is 10.7. The van der Waals surface area contributed by atoms with E-state index in [9.17, 15) is 10.4 Å². The molecule has 78 valence electrons. The van der Waals surface area contributed by atoms with Crippen LogP contribution in [0.25, 0.3) is 11.0 Å². The number of thioether (sulfide) groups is 1. The third-order valence-electron chi connectivity index (χ3n) is 2.06. The number of nitrogens with zero attached hydrogens (tertiary/aromatic N) is 2. The van der Waals surface area contributed by atoms with Crippen LogP contribution in [0.3, 0.4) is 0 Å². The minimum absolute atomic E-state index is 0.396. The summed E-state index contributed by atoms with van der Waals surface area (Å²) < 4.78 is 1.54. The molecule has 0 amide bonds. The highest BCUT2D eigenvalue weighted by Crippen LogP contribution is 2.13. The Balaban J connectivity index is 2.72. The Hall–Kier alpha value is -1.49. The summed E-state index contributed by atoms with van der Waals surface area (Å²) in [7, 11) is 0. The number of aromatic nitrogens is 2. The van der Waals surface area contributed by atoms with Gasteiger partial charge in [-0.05, 0) is 11.8 Å². The molecule has 1 aromatic heterocycles. The van der Waals surface area contributed by atoms with Gasteiger partial charge in [0.25, 0.3) is 17.2 Å². The Labute approximate surface area is 91.3 Å². The lowest BCUT2D eigenvalue weighted by Gasteiger charge is -2.06. The molecule has 0 aliphatic heterocycles. The molecule has 1 heterocycles. The quantitative estimate of drug-likeness (QED) is 0.436. The van der Waals surface area contributed by atoms with Crippen LogP contribution in [0.1, 0.15) is 6.92 Å². The van der Waals surface area contributed by atoms with E-state index in [-0.39, 0.29) is 0 Å². The number of para-hydroxylation sites is 2. The Kier molecular flexibility index (Phi) is 2.64. The average Bonchev–Trinajstić information content (AvgIpc) is 2.26. The van der Waals surface area contributed by atoms with Crippen LogP contribution in [0, 0.1) is 10.4 Å². The van der Waals surface area contributed by atoms with Gasteiger partial charge in [-0.1, -0.05) is 19.1 Å². The van der Waals surface area contributed by atoms with E-state index in [1.54, 1.807) is 24.3 Å². The number of hydrogen-bond donors (Lipinski definition) is 0. The van der Waals surface area contributed by atoms with Crippen molar-refractivity contribution in [2.75, 3.05) is 5.75 Å². The zero-order valence-corrected chi connectivity index (χ0v) is 9.03. The summed E-state index contributed by atoms with van der Waals surface area (Å²) in [6.45, 7) is 1.94. The number of fused-ring (bicyclic) bond motifs is 1. The molecule has 0 aliphatic carbocycles. The van der Waals surface area contributed by atoms with Crippen molar-refractivity contribution in [1.82, 2.24) is 0 Å². The second kappa shape index (κ2) is 3.94. The Morgan fingerprint density at radius 3 is 2.53 bits per heavy atom. The van der Waals surface area contributed by atoms with E-state index >= 15 is 0 Å². The standard InChI is InChI=1S/C10H10N2O2S/c1-2-15-10-7-11(13)8-5-3-4-6-9(8)12(10)14/h3-7H,2H2,1H3. The molecule has 0 radical (unpaired) electrons. The van der Waals surface area contributed by atoms with Crippen molar-refractivity contribution in [2.45, 2.75) is 11.9 Å². The number of benzene rings is 1. The molecule has 0 N–H and O–H groups in total. The lowest BCUT2D eigenvalue weighted by atomic mass is 10.3. The summed E-state index contributed by atoms with van der Waals surface area (Å²) in [5, 5.41) is 23.8. The fourth-order valence-corrected chi connectivity index (χ4v) is 2.09. The number of hydrogen-bond acceptors (Lipinski definition) is 3. The molecule has 0 spiro atoms. The first-order valence-electron chi connectivity index (χ1n) is 4.61. The maximum atomic E-state index is 11.8. The van der Waals surface area contributed by atoms with Gasteiger partial charge in [0.05, 0.1) is 0 Å². The summed E-state index contributed by atoms with van der Waals surface area (Å²) in [5.41, 5.74) is 0.805. The van der Waals surface area contributed by atoms with Crippen LogP contribution in [0.2, 0.25) is 0 Å². The molecular weight excluding hydrogens is 212 g/mol. The number of rotatable bonds is 2. The van der Waals surface area contributed by atoms with Crippen LogP contribution in [0.5, 0.6) is 0 Å². The summed E-state index contributed by atoms with van der Waals surface area (Å²) in [5.74, 6) is 0.764. The SMILES string of the molecule is CCSc1c[n+]([O-])c2ccccc2[n+]1[O-]. The first-order chi connectivity index (χ1) is 7.24. The van der Waals surface area contributed by atoms with E-state index in [1.807, 2.05) is 6.92 Å². The molecule has 0 saturated carbocycles. The van der Waals surface area contributed by atoms with Gasteiger partial charge in [0, 0.05) is 17.9 Å². The maximum absolute atomic E-state index is 11.8. The minimum atomic E-state index is 0.396. The highest BCUT2D eigenvalue weighted by Gasteiger charge is 2.18. The van der Waals surface area contributed by atoms with Gasteiger partial charge in [0.2, 0.25) is 0 Å². The van der Waals surface area contributed by atoms with Crippen molar-refractivity contribution in [3.63, 3.8) is 0 Å². The first kappa shape index (κ1) is 10.0. The molecule has 2 rings (SSSR count). The van der Waals surface area contributed by atoms with Crippen molar-refractivity contribution in [3.8, 4) is 0 Å². The Morgan fingerprint density at radius 2 is 1.87 bits per heavy atom. The average molecular weight is 222 g/mol.